The van der Waals surface area contributed by atoms with Gasteiger partial charge in [-0.25, -0.2) is 0 Å². The Kier molecular flexibility index (Phi) is 10.5. The van der Waals surface area contributed by atoms with Crippen molar-refractivity contribution >= 4 is 5.97 Å². The minimum atomic E-state index is -0.839. The van der Waals surface area contributed by atoms with E-state index in [4.69, 9.17) is 14.2 Å². The van der Waals surface area contributed by atoms with Crippen molar-refractivity contribution in [3.05, 3.63) is 0 Å². The maximum Gasteiger partial charge on any atom is 0.318 e. The molecule has 16 heavy (non-hydrogen) atoms. The highest BCUT2D eigenvalue weighted by Gasteiger charge is 2.13. The van der Waals surface area contributed by atoms with E-state index in [2.05, 4.69) is 6.92 Å². The second-order valence-electron chi connectivity index (χ2n) is 3.50. The van der Waals surface area contributed by atoms with Gasteiger partial charge in [0.2, 0.25) is 0 Å². The molecule has 4 nitrogen and oxygen atoms in total. The molecule has 0 aliphatic rings. The number of rotatable bonds is 10. The van der Waals surface area contributed by atoms with Gasteiger partial charge in [0.25, 0.3) is 0 Å². The van der Waals surface area contributed by atoms with Crippen molar-refractivity contribution in [1.29, 1.82) is 0 Å². The molecule has 0 saturated heterocycles. The van der Waals surface area contributed by atoms with E-state index < -0.39 is 6.48 Å². The Balaban J connectivity index is 3.63. The number of ether oxygens (including phenoxy) is 3. The van der Waals surface area contributed by atoms with Crippen molar-refractivity contribution in [3.8, 4) is 0 Å². The first-order valence-corrected chi connectivity index (χ1v) is 6.17. The van der Waals surface area contributed by atoms with Gasteiger partial charge in [0, 0.05) is 6.42 Å². The van der Waals surface area contributed by atoms with Crippen LogP contribution in [-0.4, -0.2) is 25.7 Å². The molecular formula is C12H24O4. The fraction of sp³-hybridized carbons (Fsp3) is 0.917. The molecule has 96 valence electrons. The van der Waals surface area contributed by atoms with Gasteiger partial charge in [-0.2, -0.15) is 0 Å². The average Bonchev–Trinajstić information content (AvgIpc) is 2.25. The maximum absolute atomic E-state index is 11.4. The van der Waals surface area contributed by atoms with Crippen molar-refractivity contribution in [2.45, 2.75) is 59.4 Å². The molecule has 0 spiro atoms. The number of hydrogen-bond acceptors (Lipinski definition) is 4. The summed E-state index contributed by atoms with van der Waals surface area (Å²) < 4.78 is 15.3. The topological polar surface area (TPSA) is 44.8 Å². The lowest BCUT2D eigenvalue weighted by atomic mass is 10.2. The van der Waals surface area contributed by atoms with Crippen LogP contribution in [0, 0.1) is 0 Å². The molecular weight excluding hydrogens is 208 g/mol. The quantitative estimate of drug-likeness (QED) is 0.330. The second kappa shape index (κ2) is 10.9. The molecule has 0 aromatic heterocycles. The van der Waals surface area contributed by atoms with Gasteiger partial charge in [-0.05, 0) is 20.3 Å². The van der Waals surface area contributed by atoms with Crippen molar-refractivity contribution in [2.75, 3.05) is 13.2 Å². The van der Waals surface area contributed by atoms with E-state index in [1.165, 1.54) is 0 Å². The van der Waals surface area contributed by atoms with Crippen LogP contribution >= 0.6 is 0 Å². The summed E-state index contributed by atoms with van der Waals surface area (Å²) in [5.74, 6) is -0.247. The standard InChI is InChI=1S/C12H24O4/c1-4-7-8-9-10-11(13)16-12(14-5-2)15-6-3/h12H,4-10H2,1-3H3. The summed E-state index contributed by atoms with van der Waals surface area (Å²) in [4.78, 5) is 11.4. The largest absolute Gasteiger partial charge is 0.410 e. The Morgan fingerprint density at radius 3 is 2.12 bits per heavy atom. The minimum absolute atomic E-state index is 0.247. The second-order valence-corrected chi connectivity index (χ2v) is 3.50. The highest BCUT2D eigenvalue weighted by molar-refractivity contribution is 5.69. The zero-order valence-electron chi connectivity index (χ0n) is 10.7. The van der Waals surface area contributed by atoms with Gasteiger partial charge in [0.05, 0.1) is 13.2 Å². The highest BCUT2D eigenvalue weighted by Crippen LogP contribution is 2.06. The third kappa shape index (κ3) is 8.68. The number of hydrogen-bond donors (Lipinski definition) is 0. The maximum atomic E-state index is 11.4. The summed E-state index contributed by atoms with van der Waals surface area (Å²) in [6, 6.07) is 0. The van der Waals surface area contributed by atoms with Crippen LogP contribution in [0.4, 0.5) is 0 Å². The molecule has 0 fully saturated rings. The lowest BCUT2D eigenvalue weighted by Crippen LogP contribution is -2.24. The number of carbonyl (C=O) groups is 1. The van der Waals surface area contributed by atoms with E-state index in [0.717, 1.165) is 25.7 Å². The Morgan fingerprint density at radius 1 is 1.00 bits per heavy atom. The van der Waals surface area contributed by atoms with E-state index in [-0.39, 0.29) is 5.97 Å². The van der Waals surface area contributed by atoms with E-state index in [0.29, 0.717) is 19.6 Å². The molecule has 0 aromatic carbocycles. The Labute approximate surface area is 98.3 Å². The molecule has 0 bridgehead atoms. The van der Waals surface area contributed by atoms with E-state index in [9.17, 15) is 4.79 Å². The number of esters is 1. The monoisotopic (exact) mass is 232 g/mol. The summed E-state index contributed by atoms with van der Waals surface area (Å²) >= 11 is 0. The summed E-state index contributed by atoms with van der Waals surface area (Å²) in [5.41, 5.74) is 0. The first kappa shape index (κ1) is 15.4. The van der Waals surface area contributed by atoms with E-state index in [1.54, 1.807) is 0 Å². The molecule has 0 radical (unpaired) electrons. The molecule has 0 amide bonds. The van der Waals surface area contributed by atoms with Crippen LogP contribution in [0.15, 0.2) is 0 Å². The summed E-state index contributed by atoms with van der Waals surface area (Å²) in [5, 5.41) is 0. The molecule has 0 heterocycles. The smallest absolute Gasteiger partial charge is 0.318 e. The highest BCUT2D eigenvalue weighted by atomic mass is 16.9. The zero-order valence-corrected chi connectivity index (χ0v) is 10.7. The van der Waals surface area contributed by atoms with Crippen molar-refractivity contribution in [2.24, 2.45) is 0 Å². The van der Waals surface area contributed by atoms with Crippen molar-refractivity contribution in [3.63, 3.8) is 0 Å². The summed E-state index contributed by atoms with van der Waals surface area (Å²) in [6.45, 7) is 5.90. The fourth-order valence-corrected chi connectivity index (χ4v) is 1.25. The van der Waals surface area contributed by atoms with Gasteiger partial charge in [-0.15, -0.1) is 0 Å². The number of carbonyl (C=O) groups excluding carboxylic acids is 1. The number of unbranched alkanes of at least 4 members (excludes halogenated alkanes) is 3. The first-order chi connectivity index (χ1) is 7.74. The molecule has 0 saturated carbocycles. The van der Waals surface area contributed by atoms with Gasteiger partial charge in [0.1, 0.15) is 0 Å². The van der Waals surface area contributed by atoms with Gasteiger partial charge >= 0.3 is 12.4 Å². The lowest BCUT2D eigenvalue weighted by molar-refractivity contribution is -0.272. The third-order valence-electron chi connectivity index (χ3n) is 2.07. The molecule has 0 aliphatic carbocycles. The predicted octanol–water partition coefficient (Wildman–Crippen LogP) is 2.86. The van der Waals surface area contributed by atoms with Crippen LogP contribution in [0.5, 0.6) is 0 Å². The lowest BCUT2D eigenvalue weighted by Gasteiger charge is -2.16. The molecule has 0 aliphatic heterocycles. The zero-order chi connectivity index (χ0) is 12.2. The van der Waals surface area contributed by atoms with Crippen LogP contribution in [0.3, 0.4) is 0 Å². The van der Waals surface area contributed by atoms with Crippen LogP contribution in [-0.2, 0) is 19.0 Å². The van der Waals surface area contributed by atoms with Gasteiger partial charge < -0.3 is 14.2 Å². The Morgan fingerprint density at radius 2 is 1.62 bits per heavy atom. The van der Waals surface area contributed by atoms with Crippen molar-refractivity contribution in [1.82, 2.24) is 0 Å². The molecule has 0 aromatic rings. The van der Waals surface area contributed by atoms with Crippen LogP contribution in [0.2, 0.25) is 0 Å². The SMILES string of the molecule is CCCCCCC(=O)OC(OCC)OCC. The van der Waals surface area contributed by atoms with Gasteiger partial charge in [0.15, 0.2) is 0 Å². The molecule has 0 atom stereocenters. The molecule has 0 N–H and O–H groups in total. The van der Waals surface area contributed by atoms with Crippen molar-refractivity contribution < 1.29 is 19.0 Å². The van der Waals surface area contributed by atoms with Crippen LogP contribution < -0.4 is 0 Å². The normalized spacial score (nSPS) is 10.8. The van der Waals surface area contributed by atoms with Crippen LogP contribution in [0.25, 0.3) is 0 Å². The van der Waals surface area contributed by atoms with Gasteiger partial charge in [-0.1, -0.05) is 26.2 Å². The molecule has 0 rings (SSSR count). The Bertz CT molecular complexity index is 164. The van der Waals surface area contributed by atoms with Crippen LogP contribution in [0.1, 0.15) is 52.9 Å². The van der Waals surface area contributed by atoms with Gasteiger partial charge in [-0.3, -0.25) is 4.79 Å². The Hall–Kier alpha value is -0.610. The summed E-state index contributed by atoms with van der Waals surface area (Å²) in [7, 11) is 0. The summed E-state index contributed by atoms with van der Waals surface area (Å²) in [6.07, 6.45) is 4.71. The average molecular weight is 232 g/mol. The van der Waals surface area contributed by atoms with E-state index >= 15 is 0 Å². The van der Waals surface area contributed by atoms with E-state index in [1.807, 2.05) is 13.8 Å². The minimum Gasteiger partial charge on any atom is -0.410 e. The third-order valence-corrected chi connectivity index (χ3v) is 2.07. The predicted molar refractivity (Wildman–Crippen MR) is 61.9 cm³/mol. The molecule has 0 unspecified atom stereocenters. The first-order valence-electron chi connectivity index (χ1n) is 6.17. The fourth-order valence-electron chi connectivity index (χ4n) is 1.25. The molecule has 4 heteroatoms.